The summed E-state index contributed by atoms with van der Waals surface area (Å²) in [5, 5.41) is 9.89. The average molecular weight is 176 g/mol. The molecule has 1 unspecified atom stereocenters. The summed E-state index contributed by atoms with van der Waals surface area (Å²) in [6.07, 6.45) is 0. The van der Waals surface area contributed by atoms with Crippen molar-refractivity contribution in [3.05, 3.63) is 0 Å². The lowest BCUT2D eigenvalue weighted by Crippen LogP contribution is -2.39. The normalized spacial score (nSPS) is 40.8. The van der Waals surface area contributed by atoms with Crippen LogP contribution < -0.4 is 21.3 Å². The fraction of sp³-hybridized carbons (Fsp3) is 1.00. The minimum absolute atomic E-state index is 0.268. The molecule has 0 radical (unpaired) electrons. The SMILES string of the molecule is [2H]C1NCCNCCNCCN([2H])C1([2H])[2H]. The van der Waals surface area contributed by atoms with Crippen molar-refractivity contribution in [2.45, 2.75) is 0 Å². The van der Waals surface area contributed by atoms with E-state index in [9.17, 15) is 0 Å². The fourth-order valence-corrected chi connectivity index (χ4v) is 0.950. The van der Waals surface area contributed by atoms with Crippen LogP contribution in [-0.4, -0.2) is 52.3 Å². The number of nitrogens with one attached hydrogen (secondary N) is 4. The first-order valence-corrected chi connectivity index (χ1v) is 4.38. The second-order valence-corrected chi connectivity index (χ2v) is 2.61. The molecule has 1 rings (SSSR count). The van der Waals surface area contributed by atoms with Gasteiger partial charge in [-0.3, -0.25) is 0 Å². The van der Waals surface area contributed by atoms with Crippen LogP contribution in [0, 0.1) is 0 Å². The highest BCUT2D eigenvalue weighted by molar-refractivity contribution is 4.59. The van der Waals surface area contributed by atoms with Crippen LogP contribution in [0.15, 0.2) is 0 Å². The van der Waals surface area contributed by atoms with E-state index in [0.29, 0.717) is 19.6 Å². The van der Waals surface area contributed by atoms with Crippen molar-refractivity contribution in [2.24, 2.45) is 0 Å². The Labute approximate surface area is 80.2 Å². The van der Waals surface area contributed by atoms with Crippen molar-refractivity contribution in [3.8, 4) is 0 Å². The molecule has 0 saturated carbocycles. The zero-order valence-electron chi connectivity index (χ0n) is 11.3. The van der Waals surface area contributed by atoms with E-state index in [4.69, 9.17) is 5.52 Å². The Hall–Kier alpha value is -0.160. The second-order valence-electron chi connectivity index (χ2n) is 2.61. The lowest BCUT2D eigenvalue weighted by atomic mass is 10.4. The molecule has 72 valence electrons. The van der Waals surface area contributed by atoms with Crippen LogP contribution in [0.1, 0.15) is 4.11 Å². The molecule has 0 spiro atoms. The van der Waals surface area contributed by atoms with Crippen molar-refractivity contribution in [1.82, 2.24) is 21.3 Å². The number of rotatable bonds is 0. The third kappa shape index (κ3) is 5.49. The molecule has 12 heavy (non-hydrogen) atoms. The summed E-state index contributed by atoms with van der Waals surface area (Å²) in [4.78, 5) is 0. The molecule has 4 N–H and O–H groups in total. The fourth-order valence-electron chi connectivity index (χ4n) is 0.950. The van der Waals surface area contributed by atoms with Crippen molar-refractivity contribution in [1.29, 1.82) is 0 Å². The summed E-state index contributed by atoms with van der Waals surface area (Å²) >= 11 is 0. The number of hydrogen-bond donors (Lipinski definition) is 4. The van der Waals surface area contributed by atoms with Crippen molar-refractivity contribution in [2.75, 3.05) is 52.3 Å². The van der Waals surface area contributed by atoms with Crippen LogP contribution in [0.4, 0.5) is 0 Å². The van der Waals surface area contributed by atoms with E-state index in [2.05, 4.69) is 16.0 Å². The molecule has 0 amide bonds. The Bertz CT molecular complexity index is 186. The molecule has 1 aliphatic heterocycles. The van der Waals surface area contributed by atoms with Gasteiger partial charge in [-0.2, -0.15) is 0 Å². The topological polar surface area (TPSA) is 48.1 Å². The predicted octanol–water partition coefficient (Wildman–Crippen LogP) is -1.64. The summed E-state index contributed by atoms with van der Waals surface area (Å²) in [6.45, 7) is 0.622. The maximum Gasteiger partial charge on any atom is 0.122 e. The molecule has 1 heterocycles. The van der Waals surface area contributed by atoms with E-state index in [0.717, 1.165) is 18.4 Å². The zero-order chi connectivity index (χ0) is 12.0. The van der Waals surface area contributed by atoms with Gasteiger partial charge in [0.25, 0.3) is 0 Å². The molecule has 0 aromatic rings. The van der Waals surface area contributed by atoms with Gasteiger partial charge in [-0.25, -0.2) is 0 Å². The van der Waals surface area contributed by atoms with Gasteiger partial charge in [0.2, 0.25) is 0 Å². The minimum Gasteiger partial charge on any atom is -0.314 e. The molecule has 1 aliphatic rings. The monoisotopic (exact) mass is 176 g/mol. The largest absolute Gasteiger partial charge is 0.314 e. The highest BCUT2D eigenvalue weighted by atomic mass is 15.0. The van der Waals surface area contributed by atoms with Crippen molar-refractivity contribution >= 4 is 0 Å². The molecular weight excluding hydrogens is 152 g/mol. The molecule has 1 atom stereocenters. The van der Waals surface area contributed by atoms with E-state index < -0.39 is 13.0 Å². The van der Waals surface area contributed by atoms with Crippen LogP contribution in [0.2, 0.25) is 1.41 Å². The van der Waals surface area contributed by atoms with Crippen LogP contribution >= 0.6 is 0 Å². The molecule has 4 heteroatoms. The summed E-state index contributed by atoms with van der Waals surface area (Å²) in [7, 11) is 0. The lowest BCUT2D eigenvalue weighted by molar-refractivity contribution is 0.534. The summed E-state index contributed by atoms with van der Waals surface area (Å²) < 4.78 is 30.6. The maximum absolute atomic E-state index is 7.68. The molecule has 0 aliphatic carbocycles. The first kappa shape index (κ1) is 5.54. The Balaban J connectivity index is 2.52. The van der Waals surface area contributed by atoms with E-state index in [1.807, 2.05) is 0 Å². The van der Waals surface area contributed by atoms with Gasteiger partial charge in [0, 0.05) is 56.4 Å². The van der Waals surface area contributed by atoms with E-state index in [1.54, 1.807) is 0 Å². The first-order chi connectivity index (χ1) is 7.55. The predicted molar refractivity (Wildman–Crippen MR) is 51.5 cm³/mol. The number of hydrogen-bond acceptors (Lipinski definition) is 4. The summed E-state index contributed by atoms with van der Waals surface area (Å²) in [5.74, 6) is 0. The van der Waals surface area contributed by atoms with Crippen LogP contribution in [0.3, 0.4) is 0 Å². The third-order valence-corrected chi connectivity index (χ3v) is 1.58. The van der Waals surface area contributed by atoms with Gasteiger partial charge in [0.15, 0.2) is 0 Å². The van der Waals surface area contributed by atoms with E-state index in [-0.39, 0.29) is 6.54 Å². The molecule has 1 saturated heterocycles. The van der Waals surface area contributed by atoms with Gasteiger partial charge in [-0.05, 0) is 0 Å². The van der Waals surface area contributed by atoms with Crippen LogP contribution in [0.25, 0.3) is 0 Å². The Kier molecular flexibility index (Phi) is 3.46. The zero-order valence-corrected chi connectivity index (χ0v) is 7.27. The second kappa shape index (κ2) is 7.49. The van der Waals surface area contributed by atoms with Crippen LogP contribution in [0.5, 0.6) is 0 Å². The Morgan fingerprint density at radius 2 is 1.42 bits per heavy atom. The van der Waals surface area contributed by atoms with Crippen molar-refractivity contribution < 1.29 is 5.52 Å². The first-order valence-electron chi connectivity index (χ1n) is 6.41. The van der Waals surface area contributed by atoms with E-state index in [1.165, 1.54) is 0 Å². The smallest absolute Gasteiger partial charge is 0.122 e. The van der Waals surface area contributed by atoms with Gasteiger partial charge in [-0.1, -0.05) is 0 Å². The van der Waals surface area contributed by atoms with Gasteiger partial charge >= 0.3 is 0 Å². The summed E-state index contributed by atoms with van der Waals surface area (Å²) in [5.41, 5.74) is 0. The van der Waals surface area contributed by atoms with Crippen LogP contribution in [-0.2, 0) is 0 Å². The van der Waals surface area contributed by atoms with Gasteiger partial charge < -0.3 is 21.3 Å². The van der Waals surface area contributed by atoms with E-state index >= 15 is 0 Å². The highest BCUT2D eigenvalue weighted by Gasteiger charge is 1.92. The molecule has 1 fully saturated rings. The minimum atomic E-state index is -1.97. The lowest BCUT2D eigenvalue weighted by Gasteiger charge is -2.11. The Morgan fingerprint density at radius 1 is 0.833 bits per heavy atom. The highest BCUT2D eigenvalue weighted by Crippen LogP contribution is 1.65. The molecule has 4 nitrogen and oxygen atoms in total. The van der Waals surface area contributed by atoms with Gasteiger partial charge in [0.05, 0.1) is 0 Å². The van der Waals surface area contributed by atoms with Gasteiger partial charge in [0.1, 0.15) is 1.41 Å². The van der Waals surface area contributed by atoms with Crippen molar-refractivity contribution in [3.63, 3.8) is 0 Å². The summed E-state index contributed by atoms with van der Waals surface area (Å²) in [6, 6.07) is 0. The molecule has 0 aromatic carbocycles. The average Bonchev–Trinajstić information content (AvgIpc) is 2.24. The standard InChI is InChI=1S/C8H20N4/c1-2-10-5-6-12-8-7-11-4-3-9-1/h9-12H,1-8H2/i1D,2D2/hD. The maximum atomic E-state index is 7.68. The van der Waals surface area contributed by atoms with Gasteiger partial charge in [-0.15, -0.1) is 0 Å². The molecule has 0 bridgehead atoms. The molecular formula is C8H20N4. The Morgan fingerprint density at radius 3 is 2.17 bits per heavy atom. The molecule has 0 aromatic heterocycles. The third-order valence-electron chi connectivity index (χ3n) is 1.58. The quantitative estimate of drug-likeness (QED) is 0.357.